The van der Waals surface area contributed by atoms with Gasteiger partial charge in [0.15, 0.2) is 17.3 Å². The first kappa shape index (κ1) is 24.4. The van der Waals surface area contributed by atoms with Crippen molar-refractivity contribution in [3.63, 3.8) is 0 Å². The normalized spacial score (nSPS) is 16.0. The summed E-state index contributed by atoms with van der Waals surface area (Å²) < 4.78 is 2.00. The lowest BCUT2D eigenvalue weighted by Gasteiger charge is -2.16. The van der Waals surface area contributed by atoms with Gasteiger partial charge in [0, 0.05) is 29.7 Å². The van der Waals surface area contributed by atoms with E-state index in [1.165, 1.54) is 17.6 Å². The zero-order valence-corrected chi connectivity index (χ0v) is 22.6. The predicted octanol–water partition coefficient (Wildman–Crippen LogP) is 4.34. The highest BCUT2D eigenvalue weighted by Gasteiger charge is 2.28. The largest absolute Gasteiger partial charge is 0.383 e. The van der Waals surface area contributed by atoms with Gasteiger partial charge in [0.2, 0.25) is 0 Å². The van der Waals surface area contributed by atoms with Crippen molar-refractivity contribution in [2.75, 3.05) is 5.73 Å². The highest BCUT2D eigenvalue weighted by Crippen LogP contribution is 2.39. The van der Waals surface area contributed by atoms with Gasteiger partial charge in [-0.15, -0.1) is 4.80 Å². The first-order chi connectivity index (χ1) is 20.6. The third-order valence-corrected chi connectivity index (χ3v) is 8.00. The number of nitrogens with zero attached hydrogens (tertiary/aromatic N) is 8. The Morgan fingerprint density at radius 3 is 2.60 bits per heavy atom. The number of aryl methyl sites for hydroxylation is 1. The Morgan fingerprint density at radius 1 is 0.929 bits per heavy atom. The van der Waals surface area contributed by atoms with Crippen LogP contribution in [0.5, 0.6) is 0 Å². The Morgan fingerprint density at radius 2 is 1.81 bits per heavy atom. The number of pyridine rings is 3. The molecule has 0 spiro atoms. The number of imidazole rings is 1. The molecular weight excluding hydrogens is 528 g/mol. The number of hydrogen-bond acceptors (Lipinski definition) is 8. The smallest absolute Gasteiger partial charge is 0.253 e. The summed E-state index contributed by atoms with van der Waals surface area (Å²) in [6.45, 7) is 0. The molecule has 11 heteroatoms. The number of anilines is 1. The van der Waals surface area contributed by atoms with Crippen molar-refractivity contribution in [1.82, 2.24) is 44.8 Å². The van der Waals surface area contributed by atoms with Crippen LogP contribution >= 0.6 is 0 Å². The van der Waals surface area contributed by atoms with Gasteiger partial charge in [0.25, 0.3) is 5.91 Å². The van der Waals surface area contributed by atoms with Crippen molar-refractivity contribution in [2.24, 2.45) is 0 Å². The van der Waals surface area contributed by atoms with Crippen LogP contribution in [-0.4, -0.2) is 45.4 Å². The van der Waals surface area contributed by atoms with Gasteiger partial charge in [-0.1, -0.05) is 6.07 Å². The van der Waals surface area contributed by atoms with Crippen molar-refractivity contribution in [3.8, 4) is 22.9 Å². The third kappa shape index (κ3) is 4.17. The number of benzene rings is 1. The molecule has 0 bridgehead atoms. The van der Waals surface area contributed by atoms with Crippen molar-refractivity contribution in [2.45, 2.75) is 37.6 Å². The van der Waals surface area contributed by atoms with E-state index in [0.29, 0.717) is 45.7 Å². The summed E-state index contributed by atoms with van der Waals surface area (Å²) in [6.07, 6.45) is 10.6. The zero-order valence-electron chi connectivity index (χ0n) is 22.6. The molecule has 8 rings (SSSR count). The molecule has 2 aliphatic carbocycles. The maximum Gasteiger partial charge on any atom is 0.253 e. The molecule has 1 fully saturated rings. The molecule has 42 heavy (non-hydrogen) atoms. The molecule has 1 saturated carbocycles. The minimum Gasteiger partial charge on any atom is -0.383 e. The Balaban J connectivity index is 1.16. The molecule has 0 aliphatic heterocycles. The molecule has 5 heterocycles. The number of hydrogen-bond donors (Lipinski definition) is 2. The van der Waals surface area contributed by atoms with Gasteiger partial charge in [0.05, 0.1) is 29.6 Å². The fourth-order valence-corrected chi connectivity index (χ4v) is 5.72. The molecule has 6 aromatic rings. The number of nitrogens with two attached hydrogens (primary N) is 1. The van der Waals surface area contributed by atoms with Crippen LogP contribution in [0.15, 0.2) is 79.4 Å². The van der Waals surface area contributed by atoms with E-state index in [9.17, 15) is 4.79 Å². The summed E-state index contributed by atoms with van der Waals surface area (Å²) >= 11 is 0. The van der Waals surface area contributed by atoms with E-state index in [1.54, 1.807) is 24.8 Å². The number of carbonyl (C=O) groups is 1. The van der Waals surface area contributed by atoms with Crippen LogP contribution in [0.3, 0.4) is 0 Å². The maximum absolute atomic E-state index is 13.1. The first-order valence-corrected chi connectivity index (χ1v) is 14.0. The SMILES string of the molecule is Nc1ncccc1-c1nc2ccc(-n3nccn3)nc2n1-c1ccc2c(c1)CC[C@@H]2NC(=O)c1ccc(C2CC2)nc1. The summed E-state index contributed by atoms with van der Waals surface area (Å²) in [5.74, 6) is 2.05. The summed E-state index contributed by atoms with van der Waals surface area (Å²) in [7, 11) is 0. The number of fused-ring (bicyclic) bond motifs is 2. The van der Waals surface area contributed by atoms with Gasteiger partial charge < -0.3 is 11.1 Å². The average molecular weight is 555 g/mol. The minimum absolute atomic E-state index is 0.0757. The third-order valence-electron chi connectivity index (χ3n) is 8.00. The molecule has 0 saturated heterocycles. The fourth-order valence-electron chi connectivity index (χ4n) is 5.72. The van der Waals surface area contributed by atoms with Gasteiger partial charge in [-0.05, 0) is 85.3 Å². The zero-order chi connectivity index (χ0) is 28.2. The van der Waals surface area contributed by atoms with Crippen LogP contribution in [0.25, 0.3) is 34.1 Å². The van der Waals surface area contributed by atoms with Crippen molar-refractivity contribution < 1.29 is 4.79 Å². The number of amides is 1. The topological polar surface area (TPSA) is 142 Å². The van der Waals surface area contributed by atoms with Gasteiger partial charge in [0.1, 0.15) is 11.3 Å². The van der Waals surface area contributed by atoms with Gasteiger partial charge in [-0.2, -0.15) is 10.2 Å². The average Bonchev–Trinajstić information content (AvgIpc) is 3.39. The second-order valence-corrected chi connectivity index (χ2v) is 10.7. The molecule has 1 atom stereocenters. The fraction of sp³-hybridized carbons (Fsp3) is 0.194. The van der Waals surface area contributed by atoms with Crippen LogP contribution < -0.4 is 11.1 Å². The molecule has 2 aliphatic rings. The van der Waals surface area contributed by atoms with E-state index >= 15 is 0 Å². The highest BCUT2D eigenvalue weighted by molar-refractivity contribution is 5.94. The predicted molar refractivity (Wildman–Crippen MR) is 156 cm³/mol. The summed E-state index contributed by atoms with van der Waals surface area (Å²) in [5.41, 5.74) is 13.2. The van der Waals surface area contributed by atoms with E-state index in [2.05, 4.69) is 37.6 Å². The van der Waals surface area contributed by atoms with Crippen molar-refractivity contribution in [1.29, 1.82) is 0 Å². The van der Waals surface area contributed by atoms with Crippen LogP contribution in [0.2, 0.25) is 0 Å². The summed E-state index contributed by atoms with van der Waals surface area (Å²) in [6, 6.07) is 17.5. The van der Waals surface area contributed by atoms with E-state index in [1.807, 2.05) is 47.0 Å². The van der Waals surface area contributed by atoms with E-state index in [0.717, 1.165) is 35.3 Å². The van der Waals surface area contributed by atoms with E-state index in [4.69, 9.17) is 15.7 Å². The highest BCUT2D eigenvalue weighted by atomic mass is 16.1. The number of carbonyl (C=O) groups excluding carboxylic acids is 1. The van der Waals surface area contributed by atoms with Crippen LogP contribution in [0.4, 0.5) is 5.82 Å². The van der Waals surface area contributed by atoms with Crippen LogP contribution in [0.1, 0.15) is 58.4 Å². The van der Waals surface area contributed by atoms with Gasteiger partial charge in [-0.3, -0.25) is 14.3 Å². The quantitative estimate of drug-likeness (QED) is 0.310. The number of aromatic nitrogens is 8. The number of rotatable bonds is 6. The van der Waals surface area contributed by atoms with Gasteiger partial charge in [-0.25, -0.2) is 15.0 Å². The molecule has 0 radical (unpaired) electrons. The van der Waals surface area contributed by atoms with E-state index in [-0.39, 0.29) is 11.9 Å². The van der Waals surface area contributed by atoms with E-state index < -0.39 is 0 Å². The second-order valence-electron chi connectivity index (χ2n) is 10.7. The van der Waals surface area contributed by atoms with Gasteiger partial charge >= 0.3 is 0 Å². The molecule has 3 N–H and O–H groups in total. The Kier molecular flexibility index (Phi) is 5.56. The lowest BCUT2D eigenvalue weighted by atomic mass is 10.1. The lowest BCUT2D eigenvalue weighted by molar-refractivity contribution is 0.0936. The van der Waals surface area contributed by atoms with Crippen molar-refractivity contribution in [3.05, 3.63) is 102 Å². The maximum atomic E-state index is 13.1. The van der Waals surface area contributed by atoms with Crippen molar-refractivity contribution >= 4 is 22.9 Å². The Bertz CT molecular complexity index is 1960. The molecule has 0 unspecified atom stereocenters. The molecule has 1 amide bonds. The summed E-state index contributed by atoms with van der Waals surface area (Å²) in [5, 5.41) is 11.7. The van der Waals surface area contributed by atoms with Crippen LogP contribution in [0, 0.1) is 0 Å². The molecule has 11 nitrogen and oxygen atoms in total. The second kappa shape index (κ2) is 9.58. The van der Waals surface area contributed by atoms with Crippen LogP contribution in [-0.2, 0) is 6.42 Å². The molecule has 1 aromatic carbocycles. The number of nitrogen functional groups attached to an aromatic ring is 1. The summed E-state index contributed by atoms with van der Waals surface area (Å²) in [4.78, 5) is 33.1. The standard InChI is InChI=1S/C31H26N10O/c32-28-23(2-1-13-33-28)29-37-26-11-12-27(41-35-14-15-36-41)39-30(26)40(29)21-7-8-22-19(16-21)5-10-25(22)38-31(42)20-6-9-24(34-17-20)18-3-4-18/h1-2,6-9,11-18,25H,3-5,10H2,(H2,32,33)(H,38,42)/t25-/m0/s1. The first-order valence-electron chi connectivity index (χ1n) is 14.0. The lowest BCUT2D eigenvalue weighted by Crippen LogP contribution is -2.27. The molecular formula is C31H26N10O. The molecule has 5 aromatic heterocycles. The minimum atomic E-state index is -0.106. The monoisotopic (exact) mass is 554 g/mol. The Hall–Kier alpha value is -5.45. The number of nitrogens with one attached hydrogen (secondary N) is 1. The molecule has 206 valence electrons. The Labute approximate surface area is 240 Å².